The second kappa shape index (κ2) is 6.39. The lowest BCUT2D eigenvalue weighted by molar-refractivity contribution is 0.133. The van der Waals surface area contributed by atoms with E-state index in [2.05, 4.69) is 31.2 Å². The summed E-state index contributed by atoms with van der Waals surface area (Å²) in [6, 6.07) is 10.3. The Hall–Kier alpha value is -1.08. The SMILES string of the molecule is CCCC(/C=C/c1ccccc1)OC. The minimum absolute atomic E-state index is 0.250. The number of methoxy groups -OCH3 is 1. The minimum Gasteiger partial charge on any atom is -0.377 e. The lowest BCUT2D eigenvalue weighted by Crippen LogP contribution is -2.05. The van der Waals surface area contributed by atoms with E-state index >= 15 is 0 Å². The second-order valence-corrected chi connectivity index (χ2v) is 3.33. The Labute approximate surface area is 86.4 Å². The van der Waals surface area contributed by atoms with Crippen molar-refractivity contribution >= 4 is 6.08 Å². The van der Waals surface area contributed by atoms with Crippen molar-refractivity contribution in [2.24, 2.45) is 0 Å². The van der Waals surface area contributed by atoms with Crippen molar-refractivity contribution in [3.8, 4) is 0 Å². The van der Waals surface area contributed by atoms with Gasteiger partial charge in [0.2, 0.25) is 0 Å². The van der Waals surface area contributed by atoms with Gasteiger partial charge in [0.05, 0.1) is 6.10 Å². The topological polar surface area (TPSA) is 9.23 Å². The second-order valence-electron chi connectivity index (χ2n) is 3.33. The first-order chi connectivity index (χ1) is 6.86. The van der Waals surface area contributed by atoms with E-state index in [1.54, 1.807) is 7.11 Å². The molecule has 0 saturated heterocycles. The fourth-order valence-corrected chi connectivity index (χ4v) is 1.36. The van der Waals surface area contributed by atoms with Crippen LogP contribution in [0.15, 0.2) is 36.4 Å². The molecule has 1 aromatic rings. The Morgan fingerprint density at radius 1 is 1.29 bits per heavy atom. The van der Waals surface area contributed by atoms with Crippen LogP contribution in [-0.4, -0.2) is 13.2 Å². The number of ether oxygens (including phenoxy) is 1. The summed E-state index contributed by atoms with van der Waals surface area (Å²) in [6.45, 7) is 2.17. The average molecular weight is 190 g/mol. The van der Waals surface area contributed by atoms with Crippen LogP contribution in [0.1, 0.15) is 25.3 Å². The maximum Gasteiger partial charge on any atom is 0.0755 e. The molecule has 1 nitrogen and oxygen atoms in total. The van der Waals surface area contributed by atoms with Crippen LogP contribution in [0.5, 0.6) is 0 Å². The molecular weight excluding hydrogens is 172 g/mol. The molecule has 0 heterocycles. The lowest BCUT2D eigenvalue weighted by Gasteiger charge is -2.08. The third-order valence-corrected chi connectivity index (χ3v) is 2.18. The van der Waals surface area contributed by atoms with Gasteiger partial charge in [0, 0.05) is 7.11 Å². The van der Waals surface area contributed by atoms with Gasteiger partial charge in [-0.05, 0) is 12.0 Å². The molecule has 0 aromatic heterocycles. The summed E-state index contributed by atoms with van der Waals surface area (Å²) in [5.74, 6) is 0. The highest BCUT2D eigenvalue weighted by Crippen LogP contribution is 2.07. The number of rotatable bonds is 5. The minimum atomic E-state index is 0.250. The van der Waals surface area contributed by atoms with E-state index in [0.29, 0.717) is 0 Å². The van der Waals surface area contributed by atoms with E-state index in [4.69, 9.17) is 4.74 Å². The highest BCUT2D eigenvalue weighted by atomic mass is 16.5. The van der Waals surface area contributed by atoms with Crippen molar-refractivity contribution < 1.29 is 4.74 Å². The first kappa shape index (κ1) is 11.0. The molecule has 0 N–H and O–H groups in total. The molecule has 0 spiro atoms. The third-order valence-electron chi connectivity index (χ3n) is 2.18. The molecule has 0 fully saturated rings. The van der Waals surface area contributed by atoms with E-state index in [-0.39, 0.29) is 6.10 Å². The van der Waals surface area contributed by atoms with Gasteiger partial charge in [-0.2, -0.15) is 0 Å². The van der Waals surface area contributed by atoms with Crippen LogP contribution < -0.4 is 0 Å². The fourth-order valence-electron chi connectivity index (χ4n) is 1.36. The van der Waals surface area contributed by atoms with Crippen molar-refractivity contribution in [1.29, 1.82) is 0 Å². The Kier molecular flexibility index (Phi) is 5.02. The van der Waals surface area contributed by atoms with Gasteiger partial charge in [-0.1, -0.05) is 55.8 Å². The molecule has 0 aliphatic heterocycles. The fraction of sp³-hybridized carbons (Fsp3) is 0.385. The van der Waals surface area contributed by atoms with Crippen LogP contribution in [0.2, 0.25) is 0 Å². The summed E-state index contributed by atoms with van der Waals surface area (Å²) in [7, 11) is 1.76. The zero-order chi connectivity index (χ0) is 10.2. The normalized spacial score (nSPS) is 13.3. The molecule has 14 heavy (non-hydrogen) atoms. The Balaban J connectivity index is 2.53. The molecule has 0 aliphatic carbocycles. The average Bonchev–Trinajstić information content (AvgIpc) is 2.25. The number of benzene rings is 1. The lowest BCUT2D eigenvalue weighted by atomic mass is 10.1. The van der Waals surface area contributed by atoms with Crippen LogP contribution in [0.25, 0.3) is 6.08 Å². The quantitative estimate of drug-likeness (QED) is 0.690. The van der Waals surface area contributed by atoms with Gasteiger partial charge in [0.15, 0.2) is 0 Å². The van der Waals surface area contributed by atoms with Gasteiger partial charge in [-0.3, -0.25) is 0 Å². The summed E-state index contributed by atoms with van der Waals surface area (Å²) in [4.78, 5) is 0. The highest BCUT2D eigenvalue weighted by molar-refractivity contribution is 5.49. The van der Waals surface area contributed by atoms with E-state index in [0.717, 1.165) is 12.8 Å². The van der Waals surface area contributed by atoms with Crippen LogP contribution in [-0.2, 0) is 4.74 Å². The van der Waals surface area contributed by atoms with Gasteiger partial charge >= 0.3 is 0 Å². The molecule has 1 rings (SSSR count). The third kappa shape index (κ3) is 3.75. The standard InChI is InChI=1S/C13H18O/c1-3-7-13(14-2)11-10-12-8-5-4-6-9-12/h4-6,8-11,13H,3,7H2,1-2H3/b11-10+. The van der Waals surface area contributed by atoms with Crippen molar-refractivity contribution in [3.05, 3.63) is 42.0 Å². The van der Waals surface area contributed by atoms with Gasteiger partial charge in [-0.15, -0.1) is 0 Å². The Morgan fingerprint density at radius 2 is 2.00 bits per heavy atom. The molecule has 0 amide bonds. The summed E-state index contributed by atoms with van der Waals surface area (Å²) in [6.07, 6.45) is 6.72. The largest absolute Gasteiger partial charge is 0.377 e. The molecular formula is C13H18O. The summed E-state index contributed by atoms with van der Waals surface area (Å²) >= 11 is 0. The van der Waals surface area contributed by atoms with E-state index in [1.165, 1.54) is 5.56 Å². The van der Waals surface area contributed by atoms with Crippen LogP contribution in [0.3, 0.4) is 0 Å². The monoisotopic (exact) mass is 190 g/mol. The summed E-state index contributed by atoms with van der Waals surface area (Å²) < 4.78 is 5.33. The van der Waals surface area contributed by atoms with Crippen LogP contribution in [0, 0.1) is 0 Å². The van der Waals surface area contributed by atoms with Crippen LogP contribution in [0.4, 0.5) is 0 Å². The van der Waals surface area contributed by atoms with E-state index in [1.807, 2.05) is 18.2 Å². The van der Waals surface area contributed by atoms with E-state index < -0.39 is 0 Å². The number of hydrogen-bond donors (Lipinski definition) is 0. The Morgan fingerprint density at radius 3 is 2.57 bits per heavy atom. The van der Waals surface area contributed by atoms with E-state index in [9.17, 15) is 0 Å². The number of hydrogen-bond acceptors (Lipinski definition) is 1. The zero-order valence-corrected chi connectivity index (χ0v) is 8.94. The predicted molar refractivity (Wildman–Crippen MR) is 61.2 cm³/mol. The molecule has 0 bridgehead atoms. The molecule has 0 saturated carbocycles. The summed E-state index contributed by atoms with van der Waals surface area (Å²) in [5.41, 5.74) is 1.23. The zero-order valence-electron chi connectivity index (χ0n) is 8.94. The maximum atomic E-state index is 5.33. The first-order valence-electron chi connectivity index (χ1n) is 5.13. The highest BCUT2D eigenvalue weighted by Gasteiger charge is 1.99. The summed E-state index contributed by atoms with van der Waals surface area (Å²) in [5, 5.41) is 0. The predicted octanol–water partition coefficient (Wildman–Crippen LogP) is 3.51. The van der Waals surface area contributed by atoms with Crippen molar-refractivity contribution in [2.75, 3.05) is 7.11 Å². The molecule has 0 radical (unpaired) electrons. The maximum absolute atomic E-state index is 5.33. The van der Waals surface area contributed by atoms with Gasteiger partial charge in [-0.25, -0.2) is 0 Å². The van der Waals surface area contributed by atoms with Crippen molar-refractivity contribution in [3.63, 3.8) is 0 Å². The van der Waals surface area contributed by atoms with Gasteiger partial charge in [0.1, 0.15) is 0 Å². The molecule has 76 valence electrons. The van der Waals surface area contributed by atoms with Crippen LogP contribution >= 0.6 is 0 Å². The first-order valence-corrected chi connectivity index (χ1v) is 5.13. The molecule has 0 aliphatic rings. The molecule has 1 heteroatoms. The smallest absolute Gasteiger partial charge is 0.0755 e. The van der Waals surface area contributed by atoms with Gasteiger partial charge < -0.3 is 4.74 Å². The molecule has 1 unspecified atom stereocenters. The van der Waals surface area contributed by atoms with Gasteiger partial charge in [0.25, 0.3) is 0 Å². The Bertz CT molecular complexity index is 264. The van der Waals surface area contributed by atoms with Crippen molar-refractivity contribution in [2.45, 2.75) is 25.9 Å². The molecule has 1 atom stereocenters. The molecule has 1 aromatic carbocycles. The van der Waals surface area contributed by atoms with Crippen molar-refractivity contribution in [1.82, 2.24) is 0 Å².